The molecule has 0 amide bonds. The SMILES string of the molecule is CCCNS(=O)(=O)c1cnn(C(C)C)c1. The van der Waals surface area contributed by atoms with Gasteiger partial charge in [0.1, 0.15) is 4.90 Å². The topological polar surface area (TPSA) is 64.0 Å². The van der Waals surface area contributed by atoms with Crippen LogP contribution in [0, 0.1) is 0 Å². The molecule has 15 heavy (non-hydrogen) atoms. The molecule has 86 valence electrons. The molecule has 1 heterocycles. The van der Waals surface area contributed by atoms with Crippen molar-refractivity contribution < 1.29 is 8.42 Å². The average molecular weight is 231 g/mol. The summed E-state index contributed by atoms with van der Waals surface area (Å²) in [5, 5.41) is 3.99. The van der Waals surface area contributed by atoms with Crippen LogP contribution in [0.3, 0.4) is 0 Å². The van der Waals surface area contributed by atoms with Gasteiger partial charge in [-0.1, -0.05) is 6.92 Å². The number of hydrogen-bond donors (Lipinski definition) is 1. The number of rotatable bonds is 5. The van der Waals surface area contributed by atoms with E-state index in [2.05, 4.69) is 9.82 Å². The van der Waals surface area contributed by atoms with Crippen molar-refractivity contribution in [2.45, 2.75) is 38.1 Å². The largest absolute Gasteiger partial charge is 0.269 e. The van der Waals surface area contributed by atoms with Crippen molar-refractivity contribution in [3.8, 4) is 0 Å². The molecule has 1 aromatic rings. The van der Waals surface area contributed by atoms with E-state index in [1.54, 1.807) is 10.9 Å². The Hall–Kier alpha value is -0.880. The van der Waals surface area contributed by atoms with E-state index in [9.17, 15) is 8.42 Å². The zero-order chi connectivity index (χ0) is 11.5. The first kappa shape index (κ1) is 12.2. The lowest BCUT2D eigenvalue weighted by molar-refractivity contribution is 0.531. The molecule has 5 nitrogen and oxygen atoms in total. The summed E-state index contributed by atoms with van der Waals surface area (Å²) < 4.78 is 27.4. The van der Waals surface area contributed by atoms with Crippen LogP contribution in [0.4, 0.5) is 0 Å². The van der Waals surface area contributed by atoms with Crippen molar-refractivity contribution in [2.24, 2.45) is 0 Å². The van der Waals surface area contributed by atoms with Gasteiger partial charge in [-0.25, -0.2) is 13.1 Å². The maximum Gasteiger partial charge on any atom is 0.243 e. The van der Waals surface area contributed by atoms with Gasteiger partial charge in [-0.05, 0) is 20.3 Å². The predicted octanol–water partition coefficient (Wildman–Crippen LogP) is 1.15. The maximum absolute atomic E-state index is 11.7. The van der Waals surface area contributed by atoms with Gasteiger partial charge in [0, 0.05) is 18.8 Å². The van der Waals surface area contributed by atoms with Crippen molar-refractivity contribution in [3.63, 3.8) is 0 Å². The van der Waals surface area contributed by atoms with E-state index in [1.807, 2.05) is 20.8 Å². The van der Waals surface area contributed by atoms with Crippen LogP contribution in [0.1, 0.15) is 33.2 Å². The highest BCUT2D eigenvalue weighted by atomic mass is 32.2. The highest BCUT2D eigenvalue weighted by Gasteiger charge is 2.15. The summed E-state index contributed by atoms with van der Waals surface area (Å²) in [5.41, 5.74) is 0. The van der Waals surface area contributed by atoms with E-state index in [0.29, 0.717) is 6.54 Å². The van der Waals surface area contributed by atoms with Crippen molar-refractivity contribution in [2.75, 3.05) is 6.54 Å². The Morgan fingerprint density at radius 2 is 2.20 bits per heavy atom. The first-order valence-electron chi connectivity index (χ1n) is 5.01. The monoisotopic (exact) mass is 231 g/mol. The van der Waals surface area contributed by atoms with E-state index < -0.39 is 10.0 Å². The van der Waals surface area contributed by atoms with Gasteiger partial charge in [0.25, 0.3) is 0 Å². The van der Waals surface area contributed by atoms with Gasteiger partial charge in [-0.3, -0.25) is 4.68 Å². The van der Waals surface area contributed by atoms with Crippen LogP contribution in [0.5, 0.6) is 0 Å². The van der Waals surface area contributed by atoms with E-state index in [0.717, 1.165) is 6.42 Å². The number of nitrogens with one attached hydrogen (secondary N) is 1. The molecule has 0 atom stereocenters. The Bertz CT molecular complexity index is 409. The summed E-state index contributed by atoms with van der Waals surface area (Å²) in [6.07, 6.45) is 3.69. The lowest BCUT2D eigenvalue weighted by atomic mass is 10.4. The molecule has 0 aliphatic heterocycles. The van der Waals surface area contributed by atoms with Crippen LogP contribution < -0.4 is 4.72 Å². The minimum Gasteiger partial charge on any atom is -0.269 e. The molecule has 1 rings (SSSR count). The lowest BCUT2D eigenvalue weighted by Crippen LogP contribution is -2.24. The smallest absolute Gasteiger partial charge is 0.243 e. The third-order valence-electron chi connectivity index (χ3n) is 1.96. The fraction of sp³-hybridized carbons (Fsp3) is 0.667. The van der Waals surface area contributed by atoms with E-state index in [4.69, 9.17) is 0 Å². The van der Waals surface area contributed by atoms with E-state index >= 15 is 0 Å². The Balaban J connectivity index is 2.86. The molecule has 1 N–H and O–H groups in total. The van der Waals surface area contributed by atoms with Crippen molar-refractivity contribution in [1.82, 2.24) is 14.5 Å². The highest BCUT2D eigenvalue weighted by Crippen LogP contribution is 2.10. The van der Waals surface area contributed by atoms with Gasteiger partial charge >= 0.3 is 0 Å². The zero-order valence-electron chi connectivity index (χ0n) is 9.27. The maximum atomic E-state index is 11.7. The van der Waals surface area contributed by atoms with Crippen LogP contribution in [0.25, 0.3) is 0 Å². The Morgan fingerprint density at radius 1 is 1.53 bits per heavy atom. The first-order chi connectivity index (χ1) is 6.97. The second kappa shape index (κ2) is 4.76. The predicted molar refractivity (Wildman–Crippen MR) is 58.1 cm³/mol. The van der Waals surface area contributed by atoms with Crippen molar-refractivity contribution >= 4 is 10.0 Å². The summed E-state index contributed by atoms with van der Waals surface area (Å²) in [7, 11) is -3.37. The summed E-state index contributed by atoms with van der Waals surface area (Å²) in [6.45, 7) is 6.26. The average Bonchev–Trinajstić information content (AvgIpc) is 2.64. The third-order valence-corrected chi connectivity index (χ3v) is 3.37. The fourth-order valence-electron chi connectivity index (χ4n) is 1.06. The van der Waals surface area contributed by atoms with Crippen LogP contribution in [-0.4, -0.2) is 24.7 Å². The minimum atomic E-state index is -3.37. The number of hydrogen-bond acceptors (Lipinski definition) is 3. The Labute approximate surface area is 90.5 Å². The number of aromatic nitrogens is 2. The molecular weight excluding hydrogens is 214 g/mol. The summed E-state index contributed by atoms with van der Waals surface area (Å²) >= 11 is 0. The van der Waals surface area contributed by atoms with Crippen LogP contribution in [0.15, 0.2) is 17.3 Å². The summed E-state index contributed by atoms with van der Waals surface area (Å²) in [4.78, 5) is 0.227. The van der Waals surface area contributed by atoms with Gasteiger partial charge in [-0.2, -0.15) is 5.10 Å². The van der Waals surface area contributed by atoms with E-state index in [1.165, 1.54) is 6.20 Å². The molecule has 0 aromatic carbocycles. The molecule has 0 bridgehead atoms. The quantitative estimate of drug-likeness (QED) is 0.827. The first-order valence-corrected chi connectivity index (χ1v) is 6.49. The molecule has 0 spiro atoms. The van der Waals surface area contributed by atoms with Gasteiger partial charge in [0.15, 0.2) is 0 Å². The Morgan fingerprint density at radius 3 is 2.67 bits per heavy atom. The third kappa shape index (κ3) is 3.04. The number of sulfonamides is 1. The molecule has 0 radical (unpaired) electrons. The van der Waals surface area contributed by atoms with Crippen molar-refractivity contribution in [1.29, 1.82) is 0 Å². The van der Waals surface area contributed by atoms with Gasteiger partial charge in [0.05, 0.1) is 6.20 Å². The molecule has 6 heteroatoms. The molecule has 0 fully saturated rings. The molecule has 0 aliphatic rings. The van der Waals surface area contributed by atoms with Gasteiger partial charge < -0.3 is 0 Å². The Kier molecular flexibility index (Phi) is 3.87. The second-order valence-electron chi connectivity index (χ2n) is 3.65. The fourth-order valence-corrected chi connectivity index (χ4v) is 2.13. The zero-order valence-corrected chi connectivity index (χ0v) is 10.1. The van der Waals surface area contributed by atoms with Crippen LogP contribution >= 0.6 is 0 Å². The molecular formula is C9H17N3O2S. The normalized spacial score (nSPS) is 12.3. The molecule has 0 unspecified atom stereocenters. The standard InChI is InChI=1S/C9H17N3O2S/c1-4-5-11-15(13,14)9-6-10-12(7-9)8(2)3/h6-8,11H,4-5H2,1-3H3. The lowest BCUT2D eigenvalue weighted by Gasteiger charge is -2.04. The second-order valence-corrected chi connectivity index (χ2v) is 5.41. The van der Waals surface area contributed by atoms with E-state index in [-0.39, 0.29) is 10.9 Å². The molecule has 0 saturated heterocycles. The van der Waals surface area contributed by atoms with Crippen LogP contribution in [-0.2, 0) is 10.0 Å². The minimum absolute atomic E-state index is 0.167. The highest BCUT2D eigenvalue weighted by molar-refractivity contribution is 7.89. The van der Waals surface area contributed by atoms with Crippen LogP contribution in [0.2, 0.25) is 0 Å². The number of nitrogens with zero attached hydrogens (tertiary/aromatic N) is 2. The molecule has 0 saturated carbocycles. The summed E-state index contributed by atoms with van der Waals surface area (Å²) in [5.74, 6) is 0. The van der Waals surface area contributed by atoms with Gasteiger partial charge in [-0.15, -0.1) is 0 Å². The molecule has 1 aromatic heterocycles. The van der Waals surface area contributed by atoms with Gasteiger partial charge in [0.2, 0.25) is 10.0 Å². The summed E-state index contributed by atoms with van der Waals surface area (Å²) in [6, 6.07) is 0.167. The van der Waals surface area contributed by atoms with Crippen molar-refractivity contribution in [3.05, 3.63) is 12.4 Å². The molecule has 0 aliphatic carbocycles.